The lowest BCUT2D eigenvalue weighted by atomic mass is 10.5. The summed E-state index contributed by atoms with van der Waals surface area (Å²) in [4.78, 5) is 3.42. The zero-order chi connectivity index (χ0) is 7.11. The Kier molecular flexibility index (Phi) is 6.73. The molecule has 1 unspecified atom stereocenters. The van der Waals surface area contributed by atoms with Crippen LogP contribution in [0, 0.1) is 0 Å². The standard InChI is InChI=1S/C5H17NOSi2/c1-3-5-6-9(4-2)7-8/h6,9H,3-5H2,1-2,8H3. The maximum Gasteiger partial charge on any atom is 0.240 e. The van der Waals surface area contributed by atoms with Crippen LogP contribution in [-0.2, 0) is 4.12 Å². The monoisotopic (exact) mass is 163 g/mol. The number of hydrogen-bond acceptors (Lipinski definition) is 2. The predicted molar refractivity (Wildman–Crippen MR) is 46.9 cm³/mol. The summed E-state index contributed by atoms with van der Waals surface area (Å²) in [6, 6.07) is 1.21. The molecule has 0 bridgehead atoms. The summed E-state index contributed by atoms with van der Waals surface area (Å²) in [5, 5.41) is 0. The second-order valence-electron chi connectivity index (χ2n) is 2.09. The van der Waals surface area contributed by atoms with Gasteiger partial charge in [0.25, 0.3) is 0 Å². The predicted octanol–water partition coefficient (Wildman–Crippen LogP) is -0.477. The molecule has 2 nitrogen and oxygen atoms in total. The van der Waals surface area contributed by atoms with Gasteiger partial charge in [0, 0.05) is 0 Å². The Hall–Kier alpha value is 0.354. The molecule has 0 aliphatic heterocycles. The lowest BCUT2D eigenvalue weighted by molar-refractivity contribution is 0.596. The van der Waals surface area contributed by atoms with Gasteiger partial charge in [0.1, 0.15) is 10.5 Å². The molecule has 1 atom stereocenters. The van der Waals surface area contributed by atoms with Gasteiger partial charge in [0.15, 0.2) is 0 Å². The summed E-state index contributed by atoms with van der Waals surface area (Å²) >= 11 is 0. The summed E-state index contributed by atoms with van der Waals surface area (Å²) in [5.41, 5.74) is 0. The summed E-state index contributed by atoms with van der Waals surface area (Å²) in [6.07, 6.45) is 1.22. The van der Waals surface area contributed by atoms with E-state index in [1.54, 1.807) is 0 Å². The molecule has 0 aliphatic rings. The molecule has 0 aromatic rings. The average molecular weight is 163 g/mol. The SMILES string of the molecule is CCCN[SiH](CC)O[SiH3]. The van der Waals surface area contributed by atoms with E-state index in [0.717, 1.165) is 17.0 Å². The Labute approximate surface area is 62.3 Å². The smallest absolute Gasteiger partial charge is 0.240 e. The normalized spacial score (nSPS) is 14.0. The van der Waals surface area contributed by atoms with Crippen molar-refractivity contribution in [3.8, 4) is 0 Å². The fourth-order valence-electron chi connectivity index (χ4n) is 0.700. The van der Waals surface area contributed by atoms with E-state index in [1.807, 2.05) is 0 Å². The maximum absolute atomic E-state index is 5.37. The van der Waals surface area contributed by atoms with Crippen molar-refractivity contribution in [3.63, 3.8) is 0 Å². The van der Waals surface area contributed by atoms with Gasteiger partial charge < -0.3 is 9.10 Å². The topological polar surface area (TPSA) is 21.3 Å². The van der Waals surface area contributed by atoms with Crippen LogP contribution in [0.5, 0.6) is 0 Å². The van der Waals surface area contributed by atoms with Crippen LogP contribution in [-0.4, -0.2) is 26.2 Å². The van der Waals surface area contributed by atoms with E-state index in [2.05, 4.69) is 18.8 Å². The van der Waals surface area contributed by atoms with Gasteiger partial charge in [-0.05, 0) is 19.0 Å². The van der Waals surface area contributed by atoms with E-state index in [4.69, 9.17) is 4.12 Å². The number of nitrogens with one attached hydrogen (secondary N) is 1. The molecule has 0 aromatic carbocycles. The first-order valence-electron chi connectivity index (χ1n) is 3.61. The molecular formula is C5H17NOSi2. The molecule has 56 valence electrons. The highest BCUT2D eigenvalue weighted by Gasteiger charge is 2.02. The maximum atomic E-state index is 5.37. The Morgan fingerprint density at radius 3 is 2.56 bits per heavy atom. The molecule has 0 heterocycles. The number of rotatable bonds is 5. The number of hydrogen-bond donors (Lipinski definition) is 1. The van der Waals surface area contributed by atoms with Crippen LogP contribution in [0.15, 0.2) is 0 Å². The van der Waals surface area contributed by atoms with Gasteiger partial charge in [-0.2, -0.15) is 0 Å². The highest BCUT2D eigenvalue weighted by Crippen LogP contribution is 1.85. The van der Waals surface area contributed by atoms with Crippen LogP contribution in [0.3, 0.4) is 0 Å². The highest BCUT2D eigenvalue weighted by molar-refractivity contribution is 6.52. The van der Waals surface area contributed by atoms with E-state index in [9.17, 15) is 0 Å². The summed E-state index contributed by atoms with van der Waals surface area (Å²) in [6.45, 7) is 5.51. The quantitative estimate of drug-likeness (QED) is 0.553. The zero-order valence-corrected chi connectivity index (χ0v) is 9.76. The van der Waals surface area contributed by atoms with Crippen LogP contribution in [0.1, 0.15) is 20.3 Å². The van der Waals surface area contributed by atoms with Crippen molar-refractivity contribution in [2.75, 3.05) is 6.54 Å². The van der Waals surface area contributed by atoms with Crippen LogP contribution in [0.4, 0.5) is 0 Å². The third-order valence-electron chi connectivity index (χ3n) is 1.28. The minimum atomic E-state index is -0.898. The molecule has 0 amide bonds. The summed E-state index contributed by atoms with van der Waals surface area (Å²) in [7, 11) is -0.000180. The molecule has 9 heavy (non-hydrogen) atoms. The first-order chi connectivity index (χ1) is 4.35. The molecule has 0 aliphatic carbocycles. The van der Waals surface area contributed by atoms with E-state index in [-0.39, 0.29) is 0 Å². The first kappa shape index (κ1) is 9.35. The Bertz CT molecular complexity index is 58.9. The van der Waals surface area contributed by atoms with E-state index in [1.165, 1.54) is 12.5 Å². The van der Waals surface area contributed by atoms with Crippen molar-refractivity contribution < 1.29 is 4.12 Å². The minimum absolute atomic E-state index is 0.898. The third kappa shape index (κ3) is 4.83. The lowest BCUT2D eigenvalue weighted by Gasteiger charge is -2.11. The van der Waals surface area contributed by atoms with Gasteiger partial charge in [-0.25, -0.2) is 0 Å². The fourth-order valence-corrected chi connectivity index (χ4v) is 3.60. The molecular weight excluding hydrogens is 146 g/mol. The van der Waals surface area contributed by atoms with Crippen LogP contribution < -0.4 is 4.98 Å². The van der Waals surface area contributed by atoms with Gasteiger partial charge in [-0.1, -0.05) is 13.8 Å². The van der Waals surface area contributed by atoms with Crippen molar-refractivity contribution in [2.24, 2.45) is 0 Å². The van der Waals surface area contributed by atoms with Crippen molar-refractivity contribution in [2.45, 2.75) is 26.3 Å². The molecule has 0 rings (SSSR count). The summed E-state index contributed by atoms with van der Waals surface area (Å²) < 4.78 is 5.37. The van der Waals surface area contributed by atoms with Crippen molar-refractivity contribution in [1.29, 1.82) is 0 Å². The Morgan fingerprint density at radius 1 is 1.56 bits per heavy atom. The molecule has 0 fully saturated rings. The van der Waals surface area contributed by atoms with Crippen LogP contribution >= 0.6 is 0 Å². The second kappa shape index (κ2) is 6.47. The third-order valence-corrected chi connectivity index (χ3v) is 5.04. The van der Waals surface area contributed by atoms with Crippen molar-refractivity contribution in [1.82, 2.24) is 4.98 Å². The lowest BCUT2D eigenvalue weighted by Crippen LogP contribution is -2.35. The zero-order valence-electron chi connectivity index (χ0n) is 6.61. The molecule has 0 saturated carbocycles. The molecule has 0 aromatic heterocycles. The van der Waals surface area contributed by atoms with Gasteiger partial charge in [0.2, 0.25) is 9.20 Å². The van der Waals surface area contributed by atoms with Crippen LogP contribution in [0.2, 0.25) is 6.04 Å². The van der Waals surface area contributed by atoms with Gasteiger partial charge in [0.05, 0.1) is 0 Å². The summed E-state index contributed by atoms with van der Waals surface area (Å²) in [5.74, 6) is 0. The minimum Gasteiger partial charge on any atom is -0.455 e. The average Bonchev–Trinajstić information content (AvgIpc) is 1.91. The Morgan fingerprint density at radius 2 is 2.22 bits per heavy atom. The molecule has 1 N–H and O–H groups in total. The van der Waals surface area contributed by atoms with Gasteiger partial charge in [-0.15, -0.1) is 0 Å². The van der Waals surface area contributed by atoms with Gasteiger partial charge >= 0.3 is 0 Å². The van der Waals surface area contributed by atoms with Crippen molar-refractivity contribution in [3.05, 3.63) is 0 Å². The van der Waals surface area contributed by atoms with Crippen molar-refractivity contribution >= 4 is 19.7 Å². The van der Waals surface area contributed by atoms with Gasteiger partial charge in [-0.3, -0.25) is 0 Å². The highest BCUT2D eigenvalue weighted by atomic mass is 28.3. The Balaban J connectivity index is 3.09. The van der Waals surface area contributed by atoms with E-state index >= 15 is 0 Å². The van der Waals surface area contributed by atoms with E-state index in [0.29, 0.717) is 0 Å². The fraction of sp³-hybridized carbons (Fsp3) is 1.00. The largest absolute Gasteiger partial charge is 0.455 e. The van der Waals surface area contributed by atoms with Crippen LogP contribution in [0.25, 0.3) is 0 Å². The van der Waals surface area contributed by atoms with E-state index < -0.39 is 9.20 Å². The molecule has 0 radical (unpaired) electrons. The molecule has 0 spiro atoms. The first-order valence-corrected chi connectivity index (χ1v) is 6.29. The molecule has 0 saturated heterocycles. The second-order valence-corrected chi connectivity index (χ2v) is 6.17. The molecule has 4 heteroatoms.